The molecule has 0 aliphatic rings. The summed E-state index contributed by atoms with van der Waals surface area (Å²) in [5, 5.41) is 6.08. The SMILES string of the molecule is CNc1ccc2ccccc2c1C(C)(CC=C(C)C)C/C=C/c1ccccc1. The molecule has 3 aromatic rings. The molecule has 0 saturated heterocycles. The summed E-state index contributed by atoms with van der Waals surface area (Å²) in [6.07, 6.45) is 8.93. The van der Waals surface area contributed by atoms with Crippen LogP contribution >= 0.6 is 0 Å². The summed E-state index contributed by atoms with van der Waals surface area (Å²) in [5.41, 5.74) is 5.24. The van der Waals surface area contributed by atoms with Crippen molar-refractivity contribution in [1.29, 1.82) is 0 Å². The zero-order valence-corrected chi connectivity index (χ0v) is 17.5. The molecule has 0 bridgehead atoms. The Morgan fingerprint density at radius 2 is 1.61 bits per heavy atom. The number of rotatable bonds is 7. The third-order valence-corrected chi connectivity index (χ3v) is 5.44. The van der Waals surface area contributed by atoms with Crippen molar-refractivity contribution >= 4 is 22.5 Å². The number of fused-ring (bicyclic) bond motifs is 1. The van der Waals surface area contributed by atoms with E-state index in [1.165, 1.54) is 33.2 Å². The van der Waals surface area contributed by atoms with E-state index in [1.54, 1.807) is 0 Å². The summed E-state index contributed by atoms with van der Waals surface area (Å²) < 4.78 is 0. The average Bonchev–Trinajstić information content (AvgIpc) is 2.72. The van der Waals surface area contributed by atoms with Gasteiger partial charge in [-0.05, 0) is 54.7 Å². The first-order valence-corrected chi connectivity index (χ1v) is 10.1. The molecule has 28 heavy (non-hydrogen) atoms. The Morgan fingerprint density at radius 3 is 2.32 bits per heavy atom. The molecule has 0 spiro atoms. The van der Waals surface area contributed by atoms with E-state index >= 15 is 0 Å². The van der Waals surface area contributed by atoms with Crippen molar-refractivity contribution in [3.05, 3.63) is 95.6 Å². The Morgan fingerprint density at radius 1 is 0.893 bits per heavy atom. The lowest BCUT2D eigenvalue weighted by Gasteiger charge is -2.32. The van der Waals surface area contributed by atoms with E-state index in [9.17, 15) is 0 Å². The molecule has 0 saturated carbocycles. The Labute approximate surface area is 169 Å². The molecular formula is C27H31N. The minimum atomic E-state index is 0.00174. The minimum absolute atomic E-state index is 0.00174. The highest BCUT2D eigenvalue weighted by Gasteiger charge is 2.29. The van der Waals surface area contributed by atoms with E-state index in [2.05, 4.69) is 111 Å². The van der Waals surface area contributed by atoms with E-state index in [4.69, 9.17) is 0 Å². The van der Waals surface area contributed by atoms with Crippen molar-refractivity contribution in [2.24, 2.45) is 0 Å². The van der Waals surface area contributed by atoms with Crippen LogP contribution in [0.1, 0.15) is 44.7 Å². The lowest BCUT2D eigenvalue weighted by atomic mass is 9.73. The predicted molar refractivity (Wildman–Crippen MR) is 125 cm³/mol. The van der Waals surface area contributed by atoms with Crippen molar-refractivity contribution in [1.82, 2.24) is 0 Å². The molecule has 3 aromatic carbocycles. The van der Waals surface area contributed by atoms with Crippen molar-refractivity contribution in [2.45, 2.75) is 39.0 Å². The van der Waals surface area contributed by atoms with Crippen LogP contribution in [-0.4, -0.2) is 7.05 Å². The molecule has 3 rings (SSSR count). The summed E-state index contributed by atoms with van der Waals surface area (Å²) in [6, 6.07) is 23.7. The van der Waals surface area contributed by atoms with E-state index in [0.717, 1.165) is 12.8 Å². The number of hydrogen-bond acceptors (Lipinski definition) is 1. The summed E-state index contributed by atoms with van der Waals surface area (Å²) in [7, 11) is 2.02. The van der Waals surface area contributed by atoms with Gasteiger partial charge in [0.2, 0.25) is 0 Å². The molecule has 0 fully saturated rings. The van der Waals surface area contributed by atoms with Crippen LogP contribution in [0.4, 0.5) is 5.69 Å². The fourth-order valence-electron chi connectivity index (χ4n) is 3.87. The zero-order valence-electron chi connectivity index (χ0n) is 17.5. The number of nitrogens with one attached hydrogen (secondary N) is 1. The standard InChI is InChI=1S/C27H31N/c1-21(2)18-20-27(3,19-10-13-22-11-6-5-7-12-22)26-24-15-9-8-14-23(24)16-17-25(26)28-4/h5-18,28H,19-20H2,1-4H3/b13-10+. The molecule has 1 N–H and O–H groups in total. The second kappa shape index (κ2) is 8.93. The lowest BCUT2D eigenvalue weighted by molar-refractivity contribution is 0.490. The number of allylic oxidation sites excluding steroid dienone is 3. The van der Waals surface area contributed by atoms with Crippen molar-refractivity contribution in [3.63, 3.8) is 0 Å². The van der Waals surface area contributed by atoms with Gasteiger partial charge in [0, 0.05) is 18.2 Å². The van der Waals surface area contributed by atoms with Gasteiger partial charge in [-0.15, -0.1) is 0 Å². The van der Waals surface area contributed by atoms with Gasteiger partial charge in [0.05, 0.1) is 0 Å². The first-order valence-electron chi connectivity index (χ1n) is 10.1. The van der Waals surface area contributed by atoms with Crippen LogP contribution in [0.3, 0.4) is 0 Å². The first-order chi connectivity index (χ1) is 13.5. The van der Waals surface area contributed by atoms with Crippen LogP contribution < -0.4 is 5.32 Å². The maximum atomic E-state index is 3.44. The molecule has 0 aliphatic carbocycles. The first kappa shape index (κ1) is 19.9. The summed E-state index contributed by atoms with van der Waals surface area (Å²) >= 11 is 0. The Balaban J connectivity index is 2.08. The van der Waals surface area contributed by atoms with Crippen molar-refractivity contribution < 1.29 is 0 Å². The molecule has 1 atom stereocenters. The van der Waals surface area contributed by atoms with Gasteiger partial charge in [-0.1, -0.05) is 91.4 Å². The minimum Gasteiger partial charge on any atom is -0.388 e. The largest absolute Gasteiger partial charge is 0.388 e. The highest BCUT2D eigenvalue weighted by atomic mass is 14.8. The Bertz CT molecular complexity index is 978. The fourth-order valence-corrected chi connectivity index (χ4v) is 3.87. The van der Waals surface area contributed by atoms with Crippen LogP contribution in [0, 0.1) is 0 Å². The van der Waals surface area contributed by atoms with Gasteiger partial charge >= 0.3 is 0 Å². The highest BCUT2D eigenvalue weighted by molar-refractivity contribution is 5.91. The molecule has 0 aliphatic heterocycles. The van der Waals surface area contributed by atoms with E-state index in [-0.39, 0.29) is 5.41 Å². The molecule has 0 heterocycles. The maximum absolute atomic E-state index is 3.44. The van der Waals surface area contributed by atoms with Gasteiger partial charge in [0.25, 0.3) is 0 Å². The highest BCUT2D eigenvalue weighted by Crippen LogP contribution is 2.42. The maximum Gasteiger partial charge on any atom is 0.0382 e. The monoisotopic (exact) mass is 369 g/mol. The van der Waals surface area contributed by atoms with E-state index < -0.39 is 0 Å². The normalized spacial score (nSPS) is 13.4. The smallest absolute Gasteiger partial charge is 0.0382 e. The lowest BCUT2D eigenvalue weighted by Crippen LogP contribution is -2.22. The molecule has 0 amide bonds. The Hall–Kier alpha value is -2.80. The van der Waals surface area contributed by atoms with Crippen LogP contribution in [0.5, 0.6) is 0 Å². The Kier molecular flexibility index (Phi) is 6.36. The zero-order chi connectivity index (χ0) is 20.0. The average molecular weight is 370 g/mol. The summed E-state index contributed by atoms with van der Waals surface area (Å²) in [5.74, 6) is 0. The molecule has 0 aromatic heterocycles. The fraction of sp³-hybridized carbons (Fsp3) is 0.259. The quantitative estimate of drug-likeness (QED) is 0.423. The van der Waals surface area contributed by atoms with Gasteiger partial charge < -0.3 is 5.32 Å². The molecule has 1 nitrogen and oxygen atoms in total. The topological polar surface area (TPSA) is 12.0 Å². The second-order valence-electron chi connectivity index (χ2n) is 8.02. The third-order valence-electron chi connectivity index (χ3n) is 5.44. The predicted octanol–water partition coefficient (Wildman–Crippen LogP) is 7.60. The van der Waals surface area contributed by atoms with E-state index in [1.807, 2.05) is 7.05 Å². The van der Waals surface area contributed by atoms with Crippen molar-refractivity contribution in [3.8, 4) is 0 Å². The molecule has 0 radical (unpaired) electrons. The van der Waals surface area contributed by atoms with Gasteiger partial charge in [-0.2, -0.15) is 0 Å². The molecule has 144 valence electrons. The summed E-state index contributed by atoms with van der Waals surface area (Å²) in [4.78, 5) is 0. The van der Waals surface area contributed by atoms with Crippen LogP contribution in [0.25, 0.3) is 16.8 Å². The number of hydrogen-bond donors (Lipinski definition) is 1. The number of benzene rings is 3. The van der Waals surface area contributed by atoms with Gasteiger partial charge in [0.1, 0.15) is 0 Å². The van der Waals surface area contributed by atoms with Gasteiger partial charge in [0.15, 0.2) is 0 Å². The molecular weight excluding hydrogens is 338 g/mol. The van der Waals surface area contributed by atoms with Crippen molar-refractivity contribution in [2.75, 3.05) is 12.4 Å². The van der Waals surface area contributed by atoms with Crippen LogP contribution in [-0.2, 0) is 5.41 Å². The van der Waals surface area contributed by atoms with Gasteiger partial charge in [-0.3, -0.25) is 0 Å². The number of anilines is 1. The third kappa shape index (κ3) is 4.54. The molecule has 1 heteroatoms. The van der Waals surface area contributed by atoms with E-state index in [0.29, 0.717) is 0 Å². The van der Waals surface area contributed by atoms with Crippen LogP contribution in [0.15, 0.2) is 84.5 Å². The summed E-state index contributed by atoms with van der Waals surface area (Å²) in [6.45, 7) is 6.76. The van der Waals surface area contributed by atoms with Crippen LogP contribution in [0.2, 0.25) is 0 Å². The van der Waals surface area contributed by atoms with Gasteiger partial charge in [-0.25, -0.2) is 0 Å². The second-order valence-corrected chi connectivity index (χ2v) is 8.02. The molecule has 1 unspecified atom stereocenters.